The lowest BCUT2D eigenvalue weighted by molar-refractivity contribution is -0.167. The predicted octanol–water partition coefficient (Wildman–Crippen LogP) is 19.4. The number of rotatable bonds is 53. The van der Waals surface area contributed by atoms with E-state index in [2.05, 4.69) is 69.4 Å². The van der Waals surface area contributed by atoms with Gasteiger partial charge in [0.2, 0.25) is 0 Å². The third kappa shape index (κ3) is 54.2. The van der Waals surface area contributed by atoms with Crippen molar-refractivity contribution in [2.24, 2.45) is 0 Å². The Balaban J connectivity index is 4.38. The van der Waals surface area contributed by atoms with Crippen molar-refractivity contribution in [1.82, 2.24) is 0 Å². The number of esters is 3. The third-order valence-electron chi connectivity index (χ3n) is 12.8. The van der Waals surface area contributed by atoms with Crippen LogP contribution in [0.5, 0.6) is 0 Å². The van der Waals surface area contributed by atoms with Gasteiger partial charge in [-0.3, -0.25) is 14.4 Å². The van der Waals surface area contributed by atoms with Crippen molar-refractivity contribution in [1.29, 1.82) is 0 Å². The summed E-state index contributed by atoms with van der Waals surface area (Å²) < 4.78 is 16.9. The molecule has 0 spiro atoms. The molecule has 6 nitrogen and oxygen atoms in total. The van der Waals surface area contributed by atoms with Crippen molar-refractivity contribution < 1.29 is 28.6 Å². The standard InChI is InChI=1S/C61H110O6/c1-4-7-10-13-16-19-22-25-28-29-30-31-34-37-40-43-46-49-52-55-61(64)67-58(56-65-59(62)53-50-47-44-41-38-35-32-26-23-20-17-14-11-8-5-2)57-66-60(63)54-51-48-45-42-39-36-33-27-24-21-18-15-12-9-6-3/h17,20-21,24-26,28,32,58H,4-16,18-19,22-23,27,29-31,33-57H2,1-3H3/b20-17-,24-21-,28-25-,32-26-/t58-/m1/s1. The molecular formula is C61H110O6. The molecule has 0 aliphatic carbocycles. The second kappa shape index (κ2) is 56.0. The van der Waals surface area contributed by atoms with Gasteiger partial charge in [0.25, 0.3) is 0 Å². The Morgan fingerprint density at radius 1 is 0.299 bits per heavy atom. The van der Waals surface area contributed by atoms with E-state index in [1.165, 1.54) is 186 Å². The molecule has 0 unspecified atom stereocenters. The largest absolute Gasteiger partial charge is 0.462 e. The first-order valence-corrected chi connectivity index (χ1v) is 29.1. The van der Waals surface area contributed by atoms with Crippen LogP contribution in [0.15, 0.2) is 48.6 Å². The third-order valence-corrected chi connectivity index (χ3v) is 12.8. The molecule has 0 amide bonds. The highest BCUT2D eigenvalue weighted by Crippen LogP contribution is 2.15. The number of allylic oxidation sites excluding steroid dienone is 8. The molecule has 0 fully saturated rings. The lowest BCUT2D eigenvalue weighted by Crippen LogP contribution is -2.30. The van der Waals surface area contributed by atoms with Crippen LogP contribution in [0.4, 0.5) is 0 Å². The highest BCUT2D eigenvalue weighted by Gasteiger charge is 2.19. The molecule has 0 aromatic heterocycles. The number of unbranched alkanes of at least 4 members (excludes halogenated alkanes) is 34. The van der Waals surface area contributed by atoms with Crippen LogP contribution in [-0.2, 0) is 28.6 Å². The van der Waals surface area contributed by atoms with E-state index in [1.54, 1.807) is 0 Å². The van der Waals surface area contributed by atoms with Gasteiger partial charge in [-0.15, -0.1) is 0 Å². The summed E-state index contributed by atoms with van der Waals surface area (Å²) in [6.45, 7) is 6.61. The van der Waals surface area contributed by atoms with Crippen molar-refractivity contribution >= 4 is 17.9 Å². The summed E-state index contributed by atoms with van der Waals surface area (Å²) in [5, 5.41) is 0. The van der Waals surface area contributed by atoms with Crippen molar-refractivity contribution in [2.45, 2.75) is 309 Å². The zero-order valence-electron chi connectivity index (χ0n) is 44.7. The topological polar surface area (TPSA) is 78.9 Å². The van der Waals surface area contributed by atoms with E-state index in [-0.39, 0.29) is 31.1 Å². The molecule has 6 heteroatoms. The summed E-state index contributed by atoms with van der Waals surface area (Å²) in [7, 11) is 0. The monoisotopic (exact) mass is 939 g/mol. The molecule has 0 bridgehead atoms. The van der Waals surface area contributed by atoms with Crippen LogP contribution in [0.25, 0.3) is 0 Å². The van der Waals surface area contributed by atoms with Crippen LogP contribution in [0.1, 0.15) is 303 Å². The average molecular weight is 940 g/mol. The van der Waals surface area contributed by atoms with E-state index >= 15 is 0 Å². The molecule has 0 N–H and O–H groups in total. The van der Waals surface area contributed by atoms with Crippen LogP contribution in [-0.4, -0.2) is 37.2 Å². The second-order valence-corrected chi connectivity index (χ2v) is 19.5. The molecule has 0 saturated carbocycles. The van der Waals surface area contributed by atoms with Gasteiger partial charge in [0.15, 0.2) is 6.10 Å². The van der Waals surface area contributed by atoms with E-state index < -0.39 is 6.10 Å². The normalized spacial score (nSPS) is 12.3. The van der Waals surface area contributed by atoms with E-state index in [0.717, 1.165) is 77.0 Å². The minimum Gasteiger partial charge on any atom is -0.462 e. The molecule has 390 valence electrons. The van der Waals surface area contributed by atoms with E-state index in [9.17, 15) is 14.4 Å². The first kappa shape index (κ1) is 64.4. The van der Waals surface area contributed by atoms with Gasteiger partial charge in [0.05, 0.1) is 0 Å². The number of hydrogen-bond donors (Lipinski definition) is 0. The van der Waals surface area contributed by atoms with Crippen molar-refractivity contribution in [3.05, 3.63) is 48.6 Å². The molecule has 0 heterocycles. The average Bonchev–Trinajstić information content (AvgIpc) is 3.33. The highest BCUT2D eigenvalue weighted by atomic mass is 16.6. The summed E-state index contributed by atoms with van der Waals surface area (Å²) in [6, 6.07) is 0. The van der Waals surface area contributed by atoms with Gasteiger partial charge in [0.1, 0.15) is 13.2 Å². The fourth-order valence-electron chi connectivity index (χ4n) is 8.35. The van der Waals surface area contributed by atoms with E-state index in [4.69, 9.17) is 14.2 Å². The van der Waals surface area contributed by atoms with E-state index in [1.807, 2.05) is 0 Å². The lowest BCUT2D eigenvalue weighted by Gasteiger charge is -2.18. The number of carbonyl (C=O) groups excluding carboxylic acids is 3. The molecule has 0 aliphatic rings. The maximum Gasteiger partial charge on any atom is 0.306 e. The lowest BCUT2D eigenvalue weighted by atomic mass is 10.1. The Kier molecular flexibility index (Phi) is 53.8. The molecule has 0 rings (SSSR count). The Morgan fingerprint density at radius 3 is 0.881 bits per heavy atom. The van der Waals surface area contributed by atoms with Crippen molar-refractivity contribution in [2.75, 3.05) is 13.2 Å². The molecule has 67 heavy (non-hydrogen) atoms. The predicted molar refractivity (Wildman–Crippen MR) is 289 cm³/mol. The smallest absolute Gasteiger partial charge is 0.306 e. The molecule has 0 aromatic rings. The van der Waals surface area contributed by atoms with Gasteiger partial charge < -0.3 is 14.2 Å². The van der Waals surface area contributed by atoms with Crippen molar-refractivity contribution in [3.63, 3.8) is 0 Å². The Bertz CT molecular complexity index is 1170. The number of carbonyl (C=O) groups is 3. The highest BCUT2D eigenvalue weighted by molar-refractivity contribution is 5.71. The minimum absolute atomic E-state index is 0.0792. The Morgan fingerprint density at radius 2 is 0.537 bits per heavy atom. The number of ether oxygens (including phenoxy) is 3. The summed E-state index contributed by atoms with van der Waals surface area (Å²) in [4.78, 5) is 38.2. The first-order chi connectivity index (χ1) is 33.0. The zero-order valence-corrected chi connectivity index (χ0v) is 44.7. The van der Waals surface area contributed by atoms with Gasteiger partial charge in [-0.2, -0.15) is 0 Å². The van der Waals surface area contributed by atoms with Gasteiger partial charge in [-0.1, -0.05) is 230 Å². The maximum atomic E-state index is 12.9. The fraction of sp³-hybridized carbons (Fsp3) is 0.820. The number of hydrogen-bond acceptors (Lipinski definition) is 6. The van der Waals surface area contributed by atoms with Crippen molar-refractivity contribution in [3.8, 4) is 0 Å². The van der Waals surface area contributed by atoms with Gasteiger partial charge in [-0.05, 0) is 103 Å². The fourth-order valence-corrected chi connectivity index (χ4v) is 8.35. The SMILES string of the molecule is CCCCC/C=C\C/C=C\CCCCCCCC(=O)OC[C@H](COC(=O)CCCCCCCCC/C=C\CCCCCC)OC(=O)CCCCCCCCCCC/C=C\CCCCCCCC. The molecule has 0 aliphatic heterocycles. The van der Waals surface area contributed by atoms with Crippen LogP contribution in [0.3, 0.4) is 0 Å². The Hall–Kier alpha value is -2.63. The maximum absolute atomic E-state index is 12.9. The van der Waals surface area contributed by atoms with E-state index in [0.29, 0.717) is 19.3 Å². The van der Waals surface area contributed by atoms with Crippen LogP contribution < -0.4 is 0 Å². The molecule has 0 aromatic carbocycles. The second-order valence-electron chi connectivity index (χ2n) is 19.5. The van der Waals surface area contributed by atoms with Crippen LogP contribution in [0, 0.1) is 0 Å². The van der Waals surface area contributed by atoms with Crippen LogP contribution >= 0.6 is 0 Å². The van der Waals surface area contributed by atoms with Gasteiger partial charge >= 0.3 is 17.9 Å². The first-order valence-electron chi connectivity index (χ1n) is 29.1. The van der Waals surface area contributed by atoms with Gasteiger partial charge in [0, 0.05) is 19.3 Å². The molecule has 1 atom stereocenters. The quantitative estimate of drug-likeness (QED) is 0.0262. The van der Waals surface area contributed by atoms with Gasteiger partial charge in [-0.25, -0.2) is 0 Å². The molecule has 0 radical (unpaired) electrons. The zero-order chi connectivity index (χ0) is 48.6. The van der Waals surface area contributed by atoms with Crippen LogP contribution in [0.2, 0.25) is 0 Å². The minimum atomic E-state index is -0.781. The Labute approximate surface area is 416 Å². The summed E-state index contributed by atoms with van der Waals surface area (Å²) in [6.07, 6.45) is 68.1. The molecule has 0 saturated heterocycles. The molecular weight excluding hydrogens is 829 g/mol. The summed E-state index contributed by atoms with van der Waals surface area (Å²) >= 11 is 0. The summed E-state index contributed by atoms with van der Waals surface area (Å²) in [5.41, 5.74) is 0. The summed E-state index contributed by atoms with van der Waals surface area (Å²) in [5.74, 6) is -0.886.